The molecule has 1 aliphatic rings. The molecule has 4 rings (SSSR count). The van der Waals surface area contributed by atoms with E-state index in [1.54, 1.807) is 19.2 Å². The van der Waals surface area contributed by atoms with Crippen LogP contribution in [0.25, 0.3) is 6.08 Å². The lowest BCUT2D eigenvalue weighted by Gasteiger charge is -2.36. The Kier molecular flexibility index (Phi) is 5.87. The van der Waals surface area contributed by atoms with Crippen LogP contribution in [0, 0.1) is 5.82 Å². The third-order valence-electron chi connectivity index (χ3n) is 5.21. The summed E-state index contributed by atoms with van der Waals surface area (Å²) in [7, 11) is 1.55. The molecule has 3 nitrogen and oxygen atoms in total. The third kappa shape index (κ3) is 4.09. The molecule has 1 amide bonds. The van der Waals surface area contributed by atoms with Crippen molar-refractivity contribution in [3.63, 3.8) is 0 Å². The van der Waals surface area contributed by atoms with Crippen LogP contribution >= 0.6 is 0 Å². The predicted molar refractivity (Wildman–Crippen MR) is 117 cm³/mol. The number of methoxy groups -OCH3 is 1. The first-order valence-electron chi connectivity index (χ1n) is 9.78. The lowest BCUT2D eigenvalue weighted by molar-refractivity contribution is -0.129. The molecular formula is C26H22FNO2. The van der Waals surface area contributed by atoms with Crippen LogP contribution in [0.5, 0.6) is 0 Å². The quantitative estimate of drug-likeness (QED) is 0.561. The van der Waals surface area contributed by atoms with Gasteiger partial charge in [-0.3, -0.25) is 9.69 Å². The van der Waals surface area contributed by atoms with Crippen LogP contribution in [-0.4, -0.2) is 19.1 Å². The van der Waals surface area contributed by atoms with Crippen LogP contribution < -0.4 is 4.90 Å². The molecule has 0 saturated carbocycles. The van der Waals surface area contributed by atoms with Crippen molar-refractivity contribution in [1.82, 2.24) is 0 Å². The highest BCUT2D eigenvalue weighted by Crippen LogP contribution is 2.37. The molecule has 2 atom stereocenters. The van der Waals surface area contributed by atoms with E-state index in [9.17, 15) is 9.18 Å². The van der Waals surface area contributed by atoms with E-state index < -0.39 is 6.10 Å². The molecule has 0 radical (unpaired) electrons. The summed E-state index contributed by atoms with van der Waals surface area (Å²) >= 11 is 0. The maximum absolute atomic E-state index is 13.4. The average Bonchev–Trinajstić information content (AvgIpc) is 2.80. The number of carbonyl (C=O) groups excluding carboxylic acids is 1. The molecule has 3 aromatic carbocycles. The SMILES string of the molecule is CO[C@H]1C(=O)N(c2ccc(F)cc2)C=C(/C=C/c2ccccc2)[C@@H]1c1ccccc1. The monoisotopic (exact) mass is 399 g/mol. The van der Waals surface area contributed by atoms with Gasteiger partial charge in [-0.05, 0) is 41.0 Å². The molecule has 150 valence electrons. The Bertz CT molecular complexity index is 1060. The molecule has 0 aromatic heterocycles. The normalized spacial score (nSPS) is 19.2. The van der Waals surface area contributed by atoms with Gasteiger partial charge in [-0.25, -0.2) is 4.39 Å². The van der Waals surface area contributed by atoms with Crippen LogP contribution in [0.3, 0.4) is 0 Å². The molecule has 4 heteroatoms. The number of ether oxygens (including phenoxy) is 1. The second kappa shape index (κ2) is 8.89. The van der Waals surface area contributed by atoms with Crippen molar-refractivity contribution in [2.24, 2.45) is 0 Å². The molecule has 0 unspecified atom stereocenters. The van der Waals surface area contributed by atoms with E-state index in [2.05, 4.69) is 0 Å². The first-order valence-corrected chi connectivity index (χ1v) is 9.78. The molecule has 0 saturated heterocycles. The number of hydrogen-bond donors (Lipinski definition) is 0. The summed E-state index contributed by atoms with van der Waals surface area (Å²) in [5.74, 6) is -0.781. The van der Waals surface area contributed by atoms with Crippen LogP contribution in [0.1, 0.15) is 17.0 Å². The van der Waals surface area contributed by atoms with Crippen LogP contribution in [0.2, 0.25) is 0 Å². The first kappa shape index (κ1) is 19.8. The van der Waals surface area contributed by atoms with Crippen LogP contribution in [0.15, 0.2) is 103 Å². The van der Waals surface area contributed by atoms with E-state index in [1.807, 2.05) is 79.0 Å². The fourth-order valence-electron chi connectivity index (χ4n) is 3.72. The molecule has 0 spiro atoms. The zero-order chi connectivity index (χ0) is 20.9. The number of nitrogens with zero attached hydrogens (tertiary/aromatic N) is 1. The lowest BCUT2D eigenvalue weighted by atomic mass is 9.83. The van der Waals surface area contributed by atoms with Gasteiger partial charge >= 0.3 is 0 Å². The highest BCUT2D eigenvalue weighted by molar-refractivity contribution is 6.01. The van der Waals surface area contributed by atoms with E-state index in [-0.39, 0.29) is 17.6 Å². The average molecular weight is 399 g/mol. The van der Waals surface area contributed by atoms with Gasteiger partial charge in [0.25, 0.3) is 5.91 Å². The van der Waals surface area contributed by atoms with Crippen molar-refractivity contribution in [1.29, 1.82) is 0 Å². The molecule has 0 N–H and O–H groups in total. The fourth-order valence-corrected chi connectivity index (χ4v) is 3.72. The number of halogens is 1. The third-order valence-corrected chi connectivity index (χ3v) is 5.21. The van der Waals surface area contributed by atoms with Gasteiger partial charge in [0.05, 0.1) is 0 Å². The number of hydrogen-bond acceptors (Lipinski definition) is 2. The molecule has 1 heterocycles. The Morgan fingerprint density at radius 3 is 2.13 bits per heavy atom. The van der Waals surface area contributed by atoms with E-state index in [4.69, 9.17) is 4.74 Å². The second-order valence-electron chi connectivity index (χ2n) is 7.10. The molecule has 0 aliphatic carbocycles. The number of allylic oxidation sites excluding steroid dienone is 1. The van der Waals surface area contributed by atoms with E-state index in [0.29, 0.717) is 5.69 Å². The maximum atomic E-state index is 13.4. The Balaban J connectivity index is 1.81. The van der Waals surface area contributed by atoms with Gasteiger partial charge in [-0.1, -0.05) is 72.8 Å². The minimum absolute atomic E-state index is 0.185. The van der Waals surface area contributed by atoms with Gasteiger partial charge in [0.2, 0.25) is 0 Å². The smallest absolute Gasteiger partial charge is 0.261 e. The van der Waals surface area contributed by atoms with Crippen molar-refractivity contribution in [2.75, 3.05) is 12.0 Å². The number of rotatable bonds is 5. The second-order valence-corrected chi connectivity index (χ2v) is 7.10. The molecule has 3 aromatic rings. The van der Waals surface area contributed by atoms with Crippen LogP contribution in [0.4, 0.5) is 10.1 Å². The van der Waals surface area contributed by atoms with Gasteiger partial charge in [-0.2, -0.15) is 0 Å². The fraction of sp³-hybridized carbons (Fsp3) is 0.115. The van der Waals surface area contributed by atoms with E-state index >= 15 is 0 Å². The van der Waals surface area contributed by atoms with Crippen molar-refractivity contribution in [3.8, 4) is 0 Å². The summed E-state index contributed by atoms with van der Waals surface area (Å²) in [4.78, 5) is 14.8. The van der Waals surface area contributed by atoms with Crippen molar-refractivity contribution >= 4 is 17.7 Å². The van der Waals surface area contributed by atoms with Gasteiger partial charge in [-0.15, -0.1) is 0 Å². The van der Waals surface area contributed by atoms with E-state index in [0.717, 1.165) is 16.7 Å². The summed E-state index contributed by atoms with van der Waals surface area (Å²) in [6.45, 7) is 0. The molecule has 30 heavy (non-hydrogen) atoms. The minimum atomic E-state index is -0.696. The summed E-state index contributed by atoms with van der Waals surface area (Å²) in [5, 5.41) is 0. The Morgan fingerprint density at radius 1 is 0.867 bits per heavy atom. The summed E-state index contributed by atoms with van der Waals surface area (Å²) in [6.07, 6.45) is 5.16. The Labute approximate surface area is 175 Å². The zero-order valence-corrected chi connectivity index (χ0v) is 16.6. The van der Waals surface area contributed by atoms with Gasteiger partial charge < -0.3 is 4.74 Å². The number of anilines is 1. The largest absolute Gasteiger partial charge is 0.371 e. The minimum Gasteiger partial charge on any atom is -0.371 e. The summed E-state index contributed by atoms with van der Waals surface area (Å²) in [6, 6.07) is 25.7. The van der Waals surface area contributed by atoms with E-state index in [1.165, 1.54) is 17.0 Å². The number of amides is 1. The molecular weight excluding hydrogens is 377 g/mol. The summed E-state index contributed by atoms with van der Waals surface area (Å²) in [5.41, 5.74) is 3.59. The van der Waals surface area contributed by atoms with Crippen molar-refractivity contribution in [3.05, 3.63) is 120 Å². The van der Waals surface area contributed by atoms with Gasteiger partial charge in [0.15, 0.2) is 0 Å². The maximum Gasteiger partial charge on any atom is 0.261 e. The Hall–Kier alpha value is -3.50. The standard InChI is InChI=1S/C26H22FNO2/c1-30-25-24(20-10-6-3-7-11-20)21(13-12-19-8-4-2-5-9-19)18-28(26(25)29)23-16-14-22(27)15-17-23/h2-18,24-25H,1H3/b13-12+/t24-,25+/m0/s1. The highest BCUT2D eigenvalue weighted by Gasteiger charge is 2.39. The first-order chi connectivity index (χ1) is 14.7. The van der Waals surface area contributed by atoms with Crippen molar-refractivity contribution < 1.29 is 13.9 Å². The lowest BCUT2D eigenvalue weighted by Crippen LogP contribution is -2.45. The van der Waals surface area contributed by atoms with Gasteiger partial charge in [0.1, 0.15) is 11.9 Å². The van der Waals surface area contributed by atoms with Crippen LogP contribution in [-0.2, 0) is 9.53 Å². The topological polar surface area (TPSA) is 29.5 Å². The summed E-state index contributed by atoms with van der Waals surface area (Å²) < 4.78 is 19.1. The molecule has 0 bridgehead atoms. The highest BCUT2D eigenvalue weighted by atomic mass is 19.1. The molecule has 1 aliphatic heterocycles. The number of benzene rings is 3. The molecule has 0 fully saturated rings. The number of carbonyl (C=O) groups is 1. The Morgan fingerprint density at radius 2 is 1.50 bits per heavy atom. The van der Waals surface area contributed by atoms with Gasteiger partial charge in [0, 0.05) is 24.9 Å². The predicted octanol–water partition coefficient (Wildman–Crippen LogP) is 5.57. The van der Waals surface area contributed by atoms with Crippen molar-refractivity contribution in [2.45, 2.75) is 12.0 Å². The zero-order valence-electron chi connectivity index (χ0n) is 16.6.